The van der Waals surface area contributed by atoms with Gasteiger partial charge in [-0.25, -0.2) is 18.4 Å². The average molecular weight is 417 g/mol. The normalized spacial score (nSPS) is 18.0. The van der Waals surface area contributed by atoms with Crippen LogP contribution in [0.25, 0.3) is 10.9 Å². The van der Waals surface area contributed by atoms with E-state index in [0.717, 1.165) is 0 Å². The van der Waals surface area contributed by atoms with Gasteiger partial charge in [0.15, 0.2) is 5.03 Å². The highest BCUT2D eigenvalue weighted by Crippen LogP contribution is 2.35. The summed E-state index contributed by atoms with van der Waals surface area (Å²) < 4.78 is 31.0. The van der Waals surface area contributed by atoms with Gasteiger partial charge in [0.05, 0.1) is 30.1 Å². The zero-order valence-corrected chi connectivity index (χ0v) is 17.1. The molecule has 1 N–H and O–H groups in total. The highest BCUT2D eigenvalue weighted by atomic mass is 32.2. The van der Waals surface area contributed by atoms with Gasteiger partial charge in [0.2, 0.25) is 0 Å². The molecule has 0 radical (unpaired) electrons. The van der Waals surface area contributed by atoms with Crippen LogP contribution in [0, 0.1) is 6.92 Å². The van der Waals surface area contributed by atoms with Crippen molar-refractivity contribution in [1.82, 2.24) is 23.4 Å². The van der Waals surface area contributed by atoms with E-state index in [-0.39, 0.29) is 23.7 Å². The van der Waals surface area contributed by atoms with Crippen LogP contribution in [0.5, 0.6) is 0 Å². The number of benzene rings is 1. The summed E-state index contributed by atoms with van der Waals surface area (Å²) in [6, 6.07) is 6.37. The number of aryl methyl sites for hydroxylation is 2. The van der Waals surface area contributed by atoms with E-state index in [1.165, 1.54) is 15.1 Å². The zero-order valence-electron chi connectivity index (χ0n) is 16.3. The molecule has 1 saturated heterocycles. The largest absolute Gasteiger partial charge is 0.395 e. The maximum absolute atomic E-state index is 13.3. The topological polar surface area (TPSA) is 110 Å². The fourth-order valence-electron chi connectivity index (χ4n) is 3.81. The molecule has 2 aromatic heterocycles. The molecule has 3 heterocycles. The standard InChI is InChI=1S/C19H23N5O4S/c1-13-20-17(12-22(13)2)29(27,28)24-9-5-8-16(24)18-21-15-7-4-3-6-14(15)19(26)23(18)10-11-25/h3-4,6-7,12,16,25H,5,8-11H2,1-2H3. The van der Waals surface area contributed by atoms with Gasteiger partial charge >= 0.3 is 0 Å². The predicted octanol–water partition coefficient (Wildman–Crippen LogP) is 0.957. The van der Waals surface area contributed by atoms with E-state index in [0.29, 0.717) is 41.9 Å². The van der Waals surface area contributed by atoms with Crippen LogP contribution < -0.4 is 5.56 Å². The number of nitrogens with zero attached hydrogens (tertiary/aromatic N) is 5. The fourth-order valence-corrected chi connectivity index (χ4v) is 5.50. The van der Waals surface area contributed by atoms with Crippen LogP contribution in [-0.4, -0.2) is 50.1 Å². The van der Waals surface area contributed by atoms with Crippen LogP contribution in [0.3, 0.4) is 0 Å². The van der Waals surface area contributed by atoms with E-state index >= 15 is 0 Å². The third-order valence-corrected chi connectivity index (χ3v) is 7.16. The SMILES string of the molecule is Cc1nc(S(=O)(=O)N2CCCC2c2nc3ccccc3c(=O)n2CCO)cn1C. The molecule has 1 fully saturated rings. The Labute approximate surface area is 168 Å². The molecule has 0 saturated carbocycles. The first-order valence-electron chi connectivity index (χ1n) is 9.46. The summed E-state index contributed by atoms with van der Waals surface area (Å²) in [5.74, 6) is 0.955. The monoisotopic (exact) mass is 417 g/mol. The van der Waals surface area contributed by atoms with Crippen LogP contribution in [0.4, 0.5) is 0 Å². The minimum Gasteiger partial charge on any atom is -0.395 e. The Morgan fingerprint density at radius 3 is 2.69 bits per heavy atom. The van der Waals surface area contributed by atoms with Gasteiger partial charge in [-0.15, -0.1) is 0 Å². The van der Waals surface area contributed by atoms with E-state index in [9.17, 15) is 18.3 Å². The van der Waals surface area contributed by atoms with Crippen LogP contribution in [0.2, 0.25) is 0 Å². The Kier molecular flexibility index (Phi) is 5.01. The van der Waals surface area contributed by atoms with Crippen molar-refractivity contribution >= 4 is 20.9 Å². The molecule has 1 aliphatic rings. The van der Waals surface area contributed by atoms with Crippen molar-refractivity contribution in [3.63, 3.8) is 0 Å². The van der Waals surface area contributed by atoms with Crippen molar-refractivity contribution in [1.29, 1.82) is 0 Å². The molecule has 1 aliphatic heterocycles. The summed E-state index contributed by atoms with van der Waals surface area (Å²) >= 11 is 0. The molecular formula is C19H23N5O4S. The van der Waals surface area contributed by atoms with Gasteiger partial charge in [0.25, 0.3) is 15.6 Å². The molecule has 0 aliphatic carbocycles. The summed E-state index contributed by atoms with van der Waals surface area (Å²) in [5, 5.41) is 9.92. The number of fused-ring (bicyclic) bond motifs is 1. The molecule has 4 rings (SSSR count). The molecule has 154 valence electrons. The Morgan fingerprint density at radius 2 is 2.00 bits per heavy atom. The molecule has 1 atom stereocenters. The van der Waals surface area contributed by atoms with Crippen LogP contribution in [0.1, 0.15) is 30.5 Å². The number of imidazole rings is 1. The molecule has 0 bridgehead atoms. The Balaban J connectivity index is 1.86. The number of aliphatic hydroxyl groups is 1. The van der Waals surface area contributed by atoms with Crippen LogP contribution in [0.15, 0.2) is 40.3 Å². The second-order valence-corrected chi connectivity index (χ2v) is 9.02. The number of sulfonamides is 1. The van der Waals surface area contributed by atoms with Gasteiger partial charge in [0.1, 0.15) is 11.6 Å². The summed E-state index contributed by atoms with van der Waals surface area (Å²) in [4.78, 5) is 21.8. The van der Waals surface area contributed by atoms with E-state index in [2.05, 4.69) is 9.97 Å². The lowest BCUT2D eigenvalue weighted by atomic mass is 10.2. The third kappa shape index (κ3) is 3.26. The maximum Gasteiger partial charge on any atom is 0.262 e. The Bertz CT molecular complexity index is 1210. The summed E-state index contributed by atoms with van der Waals surface area (Å²) in [5.41, 5.74) is 0.234. The van der Waals surface area contributed by atoms with E-state index in [4.69, 9.17) is 0 Å². The highest BCUT2D eigenvalue weighted by Gasteiger charge is 2.40. The second kappa shape index (κ2) is 7.36. The number of hydrogen-bond donors (Lipinski definition) is 1. The van der Waals surface area contributed by atoms with Crippen molar-refractivity contribution in [2.75, 3.05) is 13.2 Å². The minimum atomic E-state index is -3.85. The predicted molar refractivity (Wildman–Crippen MR) is 107 cm³/mol. The molecule has 1 unspecified atom stereocenters. The lowest BCUT2D eigenvalue weighted by molar-refractivity contribution is 0.265. The lowest BCUT2D eigenvalue weighted by Gasteiger charge is -2.25. The second-order valence-electron chi connectivity index (χ2n) is 7.18. The number of aromatic nitrogens is 4. The number of hydrogen-bond acceptors (Lipinski definition) is 6. The van der Waals surface area contributed by atoms with Crippen molar-refractivity contribution in [2.45, 2.75) is 37.4 Å². The molecule has 3 aromatic rings. The van der Waals surface area contributed by atoms with Gasteiger partial charge in [-0.05, 0) is 31.9 Å². The Hall–Kier alpha value is -2.56. The number of rotatable bonds is 5. The minimum absolute atomic E-state index is 0.0127. The third-order valence-electron chi connectivity index (χ3n) is 5.38. The average Bonchev–Trinajstić information content (AvgIpc) is 3.32. The van der Waals surface area contributed by atoms with E-state index in [1.807, 2.05) is 0 Å². The number of aliphatic hydroxyl groups excluding tert-OH is 1. The first-order chi connectivity index (χ1) is 13.8. The molecule has 0 spiro atoms. The highest BCUT2D eigenvalue weighted by molar-refractivity contribution is 7.89. The van der Waals surface area contributed by atoms with Crippen LogP contribution >= 0.6 is 0 Å². The van der Waals surface area contributed by atoms with Crippen molar-refractivity contribution in [3.8, 4) is 0 Å². The molecule has 1 aromatic carbocycles. The summed E-state index contributed by atoms with van der Waals surface area (Å²) in [7, 11) is -2.11. The smallest absolute Gasteiger partial charge is 0.262 e. The molecule has 9 nitrogen and oxygen atoms in total. The molecular weight excluding hydrogens is 394 g/mol. The quantitative estimate of drug-likeness (QED) is 0.662. The van der Waals surface area contributed by atoms with Gasteiger partial charge in [-0.1, -0.05) is 12.1 Å². The lowest BCUT2D eigenvalue weighted by Crippen LogP contribution is -2.36. The molecule has 10 heteroatoms. The van der Waals surface area contributed by atoms with Crippen molar-refractivity contribution in [2.24, 2.45) is 7.05 Å². The van der Waals surface area contributed by atoms with E-state index < -0.39 is 16.1 Å². The fraction of sp³-hybridized carbons (Fsp3) is 0.421. The van der Waals surface area contributed by atoms with Gasteiger partial charge in [-0.2, -0.15) is 4.31 Å². The van der Waals surface area contributed by atoms with E-state index in [1.54, 1.807) is 42.8 Å². The number of para-hydroxylation sites is 1. The summed E-state index contributed by atoms with van der Waals surface area (Å²) in [6.07, 6.45) is 2.69. The molecule has 0 amide bonds. The van der Waals surface area contributed by atoms with Gasteiger partial charge in [0, 0.05) is 19.8 Å². The first-order valence-corrected chi connectivity index (χ1v) is 10.9. The van der Waals surface area contributed by atoms with Crippen molar-refractivity contribution < 1.29 is 13.5 Å². The first kappa shape index (κ1) is 19.7. The van der Waals surface area contributed by atoms with Crippen LogP contribution in [-0.2, 0) is 23.6 Å². The zero-order chi connectivity index (χ0) is 20.8. The molecule has 29 heavy (non-hydrogen) atoms. The Morgan fingerprint density at radius 1 is 1.24 bits per heavy atom. The summed E-state index contributed by atoms with van der Waals surface area (Å²) in [6.45, 7) is 1.87. The van der Waals surface area contributed by atoms with Gasteiger partial charge < -0.3 is 9.67 Å². The van der Waals surface area contributed by atoms with Crippen molar-refractivity contribution in [3.05, 3.63) is 52.5 Å². The van der Waals surface area contributed by atoms with Gasteiger partial charge in [-0.3, -0.25) is 9.36 Å². The maximum atomic E-state index is 13.3.